The van der Waals surface area contributed by atoms with E-state index in [4.69, 9.17) is 0 Å². The predicted octanol–water partition coefficient (Wildman–Crippen LogP) is 2.61. The maximum atomic E-state index is 11.9. The standard InChI is InChI=1S/C18H26N2O4/c1-12(2)9-10-15(18(23)24)13(3)11-16(21)19-20-17(22)14-7-5-4-6-8-14/h4-8,12-13,15H,9-11H2,1-3H3,(H,19,21)(H,20,22)(H,23,24)/t13-,15-/m0/s1. The van der Waals surface area contributed by atoms with Gasteiger partial charge in [0, 0.05) is 12.0 Å². The van der Waals surface area contributed by atoms with E-state index in [0.717, 1.165) is 6.42 Å². The lowest BCUT2D eigenvalue weighted by Gasteiger charge is -2.20. The first kappa shape index (κ1) is 19.7. The van der Waals surface area contributed by atoms with E-state index < -0.39 is 23.7 Å². The number of hydrogen-bond acceptors (Lipinski definition) is 3. The summed E-state index contributed by atoms with van der Waals surface area (Å²) in [5, 5.41) is 9.33. The minimum atomic E-state index is -0.885. The fourth-order valence-corrected chi connectivity index (χ4v) is 2.44. The second kappa shape index (κ2) is 9.70. The average Bonchev–Trinajstić information content (AvgIpc) is 2.52. The molecule has 1 rings (SSSR count). The summed E-state index contributed by atoms with van der Waals surface area (Å²) in [5.41, 5.74) is 5.11. The van der Waals surface area contributed by atoms with Gasteiger partial charge in [0.1, 0.15) is 0 Å². The molecule has 0 radical (unpaired) electrons. The van der Waals surface area contributed by atoms with Crippen molar-refractivity contribution in [1.29, 1.82) is 0 Å². The van der Waals surface area contributed by atoms with E-state index in [9.17, 15) is 19.5 Å². The largest absolute Gasteiger partial charge is 0.481 e. The van der Waals surface area contributed by atoms with E-state index in [-0.39, 0.29) is 12.3 Å². The Bertz CT molecular complexity index is 557. The van der Waals surface area contributed by atoms with Crippen molar-refractivity contribution < 1.29 is 19.5 Å². The number of nitrogens with one attached hydrogen (secondary N) is 2. The van der Waals surface area contributed by atoms with Crippen LogP contribution in [0.25, 0.3) is 0 Å². The molecule has 132 valence electrons. The van der Waals surface area contributed by atoms with Crippen molar-refractivity contribution in [3.63, 3.8) is 0 Å². The lowest BCUT2D eigenvalue weighted by molar-refractivity contribution is -0.144. The second-order valence-corrected chi connectivity index (χ2v) is 6.47. The molecule has 0 heterocycles. The van der Waals surface area contributed by atoms with Gasteiger partial charge in [-0.2, -0.15) is 0 Å². The number of carbonyl (C=O) groups excluding carboxylic acids is 2. The highest BCUT2D eigenvalue weighted by molar-refractivity contribution is 5.95. The monoisotopic (exact) mass is 334 g/mol. The molecular weight excluding hydrogens is 308 g/mol. The number of hydrazine groups is 1. The quantitative estimate of drug-likeness (QED) is 0.637. The van der Waals surface area contributed by atoms with Crippen LogP contribution in [0.3, 0.4) is 0 Å². The lowest BCUT2D eigenvalue weighted by Crippen LogP contribution is -2.42. The molecule has 1 aromatic carbocycles. The van der Waals surface area contributed by atoms with Crippen LogP contribution in [-0.4, -0.2) is 22.9 Å². The highest BCUT2D eigenvalue weighted by Gasteiger charge is 2.26. The van der Waals surface area contributed by atoms with Gasteiger partial charge in [0.25, 0.3) is 5.91 Å². The first-order valence-corrected chi connectivity index (χ1v) is 8.18. The van der Waals surface area contributed by atoms with E-state index in [1.807, 2.05) is 13.8 Å². The summed E-state index contributed by atoms with van der Waals surface area (Å²) in [6.45, 7) is 5.82. The Labute approximate surface area is 142 Å². The number of carboxylic acid groups (broad SMARTS) is 1. The van der Waals surface area contributed by atoms with Crippen molar-refractivity contribution in [3.05, 3.63) is 35.9 Å². The van der Waals surface area contributed by atoms with Crippen LogP contribution in [0.4, 0.5) is 0 Å². The van der Waals surface area contributed by atoms with E-state index in [0.29, 0.717) is 17.9 Å². The molecule has 0 aromatic heterocycles. The van der Waals surface area contributed by atoms with Crippen molar-refractivity contribution in [2.24, 2.45) is 17.8 Å². The van der Waals surface area contributed by atoms with E-state index in [1.165, 1.54) is 0 Å². The number of amides is 2. The zero-order chi connectivity index (χ0) is 18.1. The third-order valence-electron chi connectivity index (χ3n) is 3.92. The van der Waals surface area contributed by atoms with Crippen LogP contribution in [0.5, 0.6) is 0 Å². The van der Waals surface area contributed by atoms with E-state index >= 15 is 0 Å². The molecule has 2 atom stereocenters. The molecule has 0 saturated carbocycles. The predicted molar refractivity (Wildman–Crippen MR) is 91.0 cm³/mol. The van der Waals surface area contributed by atoms with Gasteiger partial charge in [-0.15, -0.1) is 0 Å². The molecule has 6 nitrogen and oxygen atoms in total. The highest BCUT2D eigenvalue weighted by atomic mass is 16.4. The third-order valence-corrected chi connectivity index (χ3v) is 3.92. The van der Waals surface area contributed by atoms with Crippen LogP contribution in [0.15, 0.2) is 30.3 Å². The number of aliphatic carboxylic acids is 1. The van der Waals surface area contributed by atoms with Crippen LogP contribution in [0.2, 0.25) is 0 Å². The first-order chi connectivity index (χ1) is 11.3. The van der Waals surface area contributed by atoms with E-state index in [2.05, 4.69) is 10.9 Å². The van der Waals surface area contributed by atoms with E-state index in [1.54, 1.807) is 37.3 Å². The van der Waals surface area contributed by atoms with Gasteiger partial charge in [0.15, 0.2) is 0 Å². The Morgan fingerprint density at radius 2 is 1.62 bits per heavy atom. The maximum Gasteiger partial charge on any atom is 0.306 e. The van der Waals surface area contributed by atoms with Gasteiger partial charge in [-0.3, -0.25) is 25.2 Å². The van der Waals surface area contributed by atoms with Gasteiger partial charge in [-0.25, -0.2) is 0 Å². The summed E-state index contributed by atoms with van der Waals surface area (Å²) in [5.74, 6) is -2.16. The number of carboxylic acids is 1. The van der Waals surface area contributed by atoms with Gasteiger partial charge < -0.3 is 5.11 Å². The smallest absolute Gasteiger partial charge is 0.306 e. The molecular formula is C18H26N2O4. The summed E-state index contributed by atoms with van der Waals surface area (Å²) in [6, 6.07) is 8.52. The summed E-state index contributed by atoms with van der Waals surface area (Å²) < 4.78 is 0. The van der Waals surface area contributed by atoms with Gasteiger partial charge >= 0.3 is 5.97 Å². The molecule has 24 heavy (non-hydrogen) atoms. The minimum Gasteiger partial charge on any atom is -0.481 e. The van der Waals surface area contributed by atoms with Crippen molar-refractivity contribution in [2.45, 2.75) is 40.0 Å². The van der Waals surface area contributed by atoms with Crippen molar-refractivity contribution in [2.75, 3.05) is 0 Å². The Morgan fingerprint density at radius 3 is 2.17 bits per heavy atom. The van der Waals surface area contributed by atoms with Gasteiger partial charge in [0.2, 0.25) is 5.91 Å². The van der Waals surface area contributed by atoms with Crippen molar-refractivity contribution >= 4 is 17.8 Å². The summed E-state index contributed by atoms with van der Waals surface area (Å²) in [7, 11) is 0. The number of rotatable bonds is 8. The molecule has 1 aromatic rings. The minimum absolute atomic E-state index is 0.0458. The molecule has 0 spiro atoms. The zero-order valence-electron chi connectivity index (χ0n) is 14.4. The summed E-state index contributed by atoms with van der Waals surface area (Å²) in [6.07, 6.45) is 1.38. The van der Waals surface area contributed by atoms with Crippen LogP contribution in [0.1, 0.15) is 50.4 Å². The maximum absolute atomic E-state index is 11.9. The Morgan fingerprint density at radius 1 is 1.00 bits per heavy atom. The zero-order valence-corrected chi connectivity index (χ0v) is 14.4. The second-order valence-electron chi connectivity index (χ2n) is 6.47. The van der Waals surface area contributed by atoms with Crippen LogP contribution >= 0.6 is 0 Å². The molecule has 0 unspecified atom stereocenters. The van der Waals surface area contributed by atoms with Gasteiger partial charge in [-0.1, -0.05) is 45.4 Å². The molecule has 0 aliphatic heterocycles. The number of benzene rings is 1. The van der Waals surface area contributed by atoms with Gasteiger partial charge in [-0.05, 0) is 30.4 Å². The lowest BCUT2D eigenvalue weighted by atomic mass is 9.85. The topological polar surface area (TPSA) is 95.5 Å². The molecule has 0 saturated heterocycles. The molecule has 6 heteroatoms. The molecule has 0 fully saturated rings. The number of hydrogen-bond donors (Lipinski definition) is 3. The highest BCUT2D eigenvalue weighted by Crippen LogP contribution is 2.23. The number of carbonyl (C=O) groups is 3. The van der Waals surface area contributed by atoms with Crippen LogP contribution < -0.4 is 10.9 Å². The molecule has 0 aliphatic rings. The van der Waals surface area contributed by atoms with Gasteiger partial charge in [0.05, 0.1) is 5.92 Å². The Kier molecular flexibility index (Phi) is 7.95. The fourth-order valence-electron chi connectivity index (χ4n) is 2.44. The molecule has 0 aliphatic carbocycles. The molecule has 2 amide bonds. The van der Waals surface area contributed by atoms with Crippen LogP contribution in [0, 0.1) is 17.8 Å². The van der Waals surface area contributed by atoms with Crippen molar-refractivity contribution in [3.8, 4) is 0 Å². The fraction of sp³-hybridized carbons (Fsp3) is 0.500. The SMILES string of the molecule is CC(C)CC[C@H](C(=O)O)[C@@H](C)CC(=O)NNC(=O)c1ccccc1. The Balaban J connectivity index is 2.47. The van der Waals surface area contributed by atoms with Crippen LogP contribution in [-0.2, 0) is 9.59 Å². The third kappa shape index (κ3) is 6.81. The summed E-state index contributed by atoms with van der Waals surface area (Å²) in [4.78, 5) is 35.2. The average molecular weight is 334 g/mol. The normalized spacial score (nSPS) is 13.2. The first-order valence-electron chi connectivity index (χ1n) is 8.18. The molecule has 3 N–H and O–H groups in total. The molecule has 0 bridgehead atoms. The summed E-state index contributed by atoms with van der Waals surface area (Å²) >= 11 is 0. The Hall–Kier alpha value is -2.37. The van der Waals surface area contributed by atoms with Crippen molar-refractivity contribution in [1.82, 2.24) is 10.9 Å².